The molecule has 0 unspecified atom stereocenters. The molecule has 0 saturated heterocycles. The van der Waals surface area contributed by atoms with Gasteiger partial charge in [-0.3, -0.25) is 4.79 Å². The van der Waals surface area contributed by atoms with Gasteiger partial charge in [0.25, 0.3) is 5.91 Å². The number of hydrogen-bond acceptors (Lipinski definition) is 3. The normalized spacial score (nSPS) is 12.2. The van der Waals surface area contributed by atoms with Crippen molar-refractivity contribution in [3.8, 4) is 33.9 Å². The summed E-state index contributed by atoms with van der Waals surface area (Å²) in [6.07, 6.45) is 0. The fraction of sp³-hybridized carbons (Fsp3) is 0.115. The fourth-order valence-electron chi connectivity index (χ4n) is 4.24. The molecule has 0 aliphatic carbocycles. The summed E-state index contributed by atoms with van der Waals surface area (Å²) in [7, 11) is 0. The summed E-state index contributed by atoms with van der Waals surface area (Å²) in [6.45, 7) is 2.76. The maximum Gasteiger partial charge on any atom is 0.251 e. The van der Waals surface area contributed by atoms with Crippen LogP contribution in [-0.4, -0.2) is 17.3 Å². The third kappa shape index (κ3) is 3.34. The monoisotopic (exact) mass is 410 g/mol. The van der Waals surface area contributed by atoms with Gasteiger partial charge in [0.15, 0.2) is 11.5 Å². The van der Waals surface area contributed by atoms with Gasteiger partial charge in [-0.1, -0.05) is 66.7 Å². The molecule has 5 heteroatoms. The number of hydrogen-bond donors (Lipinski definition) is 1. The lowest BCUT2D eigenvalue weighted by Gasteiger charge is -2.14. The largest absolute Gasteiger partial charge is 0.454 e. The number of nitrogens with two attached hydrogens (primary N) is 1. The molecule has 1 amide bonds. The SMILES string of the molecule is Cc1c(C(N)=O)c(-c2ccccc2)c(-c2ccccc2)n1Cc1ccc2c(c1)OCO2. The molecule has 0 atom stereocenters. The average molecular weight is 410 g/mol. The van der Waals surface area contributed by atoms with Crippen molar-refractivity contribution in [2.75, 3.05) is 6.79 Å². The zero-order chi connectivity index (χ0) is 21.4. The van der Waals surface area contributed by atoms with Crippen LogP contribution in [0.5, 0.6) is 11.5 Å². The highest BCUT2D eigenvalue weighted by atomic mass is 16.7. The first-order chi connectivity index (χ1) is 15.1. The summed E-state index contributed by atoms with van der Waals surface area (Å²) >= 11 is 0. The van der Waals surface area contributed by atoms with Crippen molar-refractivity contribution in [3.05, 3.63) is 95.7 Å². The molecule has 1 aromatic heterocycles. The van der Waals surface area contributed by atoms with E-state index in [1.807, 2.05) is 73.7 Å². The molecule has 0 spiro atoms. The highest BCUT2D eigenvalue weighted by molar-refractivity contribution is 6.05. The van der Waals surface area contributed by atoms with Gasteiger partial charge in [-0.15, -0.1) is 0 Å². The molecule has 31 heavy (non-hydrogen) atoms. The van der Waals surface area contributed by atoms with E-state index in [1.165, 1.54) is 0 Å². The predicted octanol–water partition coefficient (Wildman–Crippen LogP) is 5.01. The van der Waals surface area contributed by atoms with Gasteiger partial charge in [0.2, 0.25) is 6.79 Å². The highest BCUT2D eigenvalue weighted by Crippen LogP contribution is 2.40. The van der Waals surface area contributed by atoms with E-state index < -0.39 is 5.91 Å². The number of rotatable bonds is 5. The van der Waals surface area contributed by atoms with Gasteiger partial charge in [0.05, 0.1) is 11.3 Å². The van der Waals surface area contributed by atoms with Crippen LogP contribution in [0.15, 0.2) is 78.9 Å². The van der Waals surface area contributed by atoms with Crippen LogP contribution < -0.4 is 15.2 Å². The number of aromatic nitrogens is 1. The number of benzene rings is 3. The molecule has 5 rings (SSSR count). The quantitative estimate of drug-likeness (QED) is 0.503. The van der Waals surface area contributed by atoms with E-state index in [0.29, 0.717) is 12.1 Å². The Bertz CT molecular complexity index is 1260. The molecule has 0 fully saturated rings. The minimum absolute atomic E-state index is 0.237. The second-order valence-corrected chi connectivity index (χ2v) is 7.55. The Morgan fingerprint density at radius 2 is 1.55 bits per heavy atom. The molecule has 0 bridgehead atoms. The molecule has 1 aliphatic rings. The first-order valence-electron chi connectivity index (χ1n) is 10.2. The van der Waals surface area contributed by atoms with Crippen LogP contribution in [0.25, 0.3) is 22.4 Å². The fourth-order valence-corrected chi connectivity index (χ4v) is 4.24. The predicted molar refractivity (Wildman–Crippen MR) is 120 cm³/mol. The molecule has 2 N–H and O–H groups in total. The summed E-state index contributed by atoms with van der Waals surface area (Å²) in [5, 5.41) is 0. The number of nitrogens with zero attached hydrogens (tertiary/aromatic N) is 1. The van der Waals surface area contributed by atoms with Crippen molar-refractivity contribution in [1.29, 1.82) is 0 Å². The lowest BCUT2D eigenvalue weighted by molar-refractivity contribution is 0.1000. The van der Waals surface area contributed by atoms with E-state index in [4.69, 9.17) is 15.2 Å². The van der Waals surface area contributed by atoms with Gasteiger partial charge in [-0.2, -0.15) is 0 Å². The van der Waals surface area contributed by atoms with Gasteiger partial charge in [-0.05, 0) is 35.7 Å². The Morgan fingerprint density at radius 3 is 2.23 bits per heavy atom. The summed E-state index contributed by atoms with van der Waals surface area (Å²) < 4.78 is 13.2. The lowest BCUT2D eigenvalue weighted by atomic mass is 9.96. The Balaban J connectivity index is 1.75. The van der Waals surface area contributed by atoms with E-state index in [2.05, 4.69) is 16.7 Å². The first-order valence-corrected chi connectivity index (χ1v) is 10.2. The van der Waals surface area contributed by atoms with E-state index in [1.54, 1.807) is 0 Å². The highest BCUT2D eigenvalue weighted by Gasteiger charge is 2.26. The Kier molecular flexibility index (Phi) is 4.71. The molecule has 1 aliphatic heterocycles. The first kappa shape index (κ1) is 19.0. The van der Waals surface area contributed by atoms with Crippen molar-refractivity contribution in [2.24, 2.45) is 5.73 Å². The summed E-state index contributed by atoms with van der Waals surface area (Å²) in [6, 6.07) is 26.0. The van der Waals surface area contributed by atoms with Gasteiger partial charge in [-0.25, -0.2) is 0 Å². The summed E-state index contributed by atoms with van der Waals surface area (Å²) in [5.74, 6) is 1.05. The van der Waals surface area contributed by atoms with E-state index in [0.717, 1.165) is 45.1 Å². The van der Waals surface area contributed by atoms with Crippen molar-refractivity contribution >= 4 is 5.91 Å². The maximum absolute atomic E-state index is 12.6. The second-order valence-electron chi connectivity index (χ2n) is 7.55. The molecular formula is C26H22N2O3. The number of ether oxygens (including phenoxy) is 2. The van der Waals surface area contributed by atoms with Crippen LogP contribution in [0.1, 0.15) is 21.6 Å². The molecule has 4 aromatic rings. The topological polar surface area (TPSA) is 66.5 Å². The smallest absolute Gasteiger partial charge is 0.251 e. The minimum Gasteiger partial charge on any atom is -0.454 e. The minimum atomic E-state index is -0.432. The molecule has 154 valence electrons. The van der Waals surface area contributed by atoms with Gasteiger partial charge >= 0.3 is 0 Å². The third-order valence-corrected chi connectivity index (χ3v) is 5.66. The molecule has 0 radical (unpaired) electrons. The van der Waals surface area contributed by atoms with Crippen LogP contribution in [0, 0.1) is 6.92 Å². The molecule has 5 nitrogen and oxygen atoms in total. The van der Waals surface area contributed by atoms with Crippen molar-refractivity contribution < 1.29 is 14.3 Å². The van der Waals surface area contributed by atoms with Gasteiger partial charge in [0.1, 0.15) is 0 Å². The van der Waals surface area contributed by atoms with Gasteiger partial charge < -0.3 is 19.8 Å². The number of amides is 1. The van der Waals surface area contributed by atoms with Crippen LogP contribution >= 0.6 is 0 Å². The zero-order valence-electron chi connectivity index (χ0n) is 17.2. The van der Waals surface area contributed by atoms with Crippen LogP contribution in [0.4, 0.5) is 0 Å². The van der Waals surface area contributed by atoms with E-state index in [-0.39, 0.29) is 6.79 Å². The van der Waals surface area contributed by atoms with Crippen LogP contribution in [0.2, 0.25) is 0 Å². The molecule has 2 heterocycles. The Morgan fingerprint density at radius 1 is 0.903 bits per heavy atom. The number of primary amides is 1. The number of carbonyl (C=O) groups is 1. The van der Waals surface area contributed by atoms with Gasteiger partial charge in [0, 0.05) is 17.8 Å². The second kappa shape index (κ2) is 7.69. The third-order valence-electron chi connectivity index (χ3n) is 5.66. The molecule has 0 saturated carbocycles. The van der Waals surface area contributed by atoms with Crippen molar-refractivity contribution in [2.45, 2.75) is 13.5 Å². The Labute approximate surface area is 180 Å². The summed E-state index contributed by atoms with van der Waals surface area (Å²) in [4.78, 5) is 12.6. The lowest BCUT2D eigenvalue weighted by Crippen LogP contribution is -2.13. The van der Waals surface area contributed by atoms with Crippen LogP contribution in [-0.2, 0) is 6.54 Å². The molecular weight excluding hydrogens is 388 g/mol. The number of carbonyl (C=O) groups excluding carboxylic acids is 1. The number of fused-ring (bicyclic) bond motifs is 1. The summed E-state index contributed by atoms with van der Waals surface area (Å²) in [5.41, 5.74) is 12.1. The van der Waals surface area contributed by atoms with E-state index in [9.17, 15) is 4.79 Å². The van der Waals surface area contributed by atoms with Crippen molar-refractivity contribution in [1.82, 2.24) is 4.57 Å². The molecule has 3 aromatic carbocycles. The average Bonchev–Trinajstić information content (AvgIpc) is 3.37. The van der Waals surface area contributed by atoms with E-state index >= 15 is 0 Å². The zero-order valence-corrected chi connectivity index (χ0v) is 17.2. The Hall–Kier alpha value is -3.99. The van der Waals surface area contributed by atoms with Crippen molar-refractivity contribution in [3.63, 3.8) is 0 Å². The maximum atomic E-state index is 12.6. The standard InChI is InChI=1S/C26H22N2O3/c1-17-23(26(27)29)24(19-8-4-2-5-9-19)25(20-10-6-3-7-11-20)28(17)15-18-12-13-21-22(14-18)31-16-30-21/h2-14H,15-16H2,1H3,(H2,27,29). The van der Waals surface area contributed by atoms with Crippen LogP contribution in [0.3, 0.4) is 0 Å².